The predicted molar refractivity (Wildman–Crippen MR) is 96.0 cm³/mol. The van der Waals surface area contributed by atoms with Crippen LogP contribution in [0.3, 0.4) is 0 Å². The van der Waals surface area contributed by atoms with Crippen molar-refractivity contribution >= 4 is 33.2 Å². The highest BCUT2D eigenvalue weighted by Gasteiger charge is 2.40. The lowest BCUT2D eigenvalue weighted by molar-refractivity contribution is 0.182. The first-order valence-corrected chi connectivity index (χ1v) is 9.52. The highest BCUT2D eigenvalue weighted by atomic mass is 35.5. The summed E-state index contributed by atoms with van der Waals surface area (Å²) in [6, 6.07) is 12.6. The molecule has 0 saturated carbocycles. The minimum Gasteiger partial charge on any atom is -0.497 e. The summed E-state index contributed by atoms with van der Waals surface area (Å²) < 4.78 is 30.1. The van der Waals surface area contributed by atoms with Crippen molar-refractivity contribution in [2.75, 3.05) is 25.5 Å². The van der Waals surface area contributed by atoms with Crippen LogP contribution in [0.4, 0.5) is 10.5 Å². The van der Waals surface area contributed by atoms with Crippen molar-refractivity contribution in [1.82, 2.24) is 4.90 Å². The zero-order valence-electron chi connectivity index (χ0n) is 13.5. The van der Waals surface area contributed by atoms with Gasteiger partial charge in [-0.25, -0.2) is 13.2 Å². The Morgan fingerprint density at radius 1 is 1.12 bits per heavy atom. The van der Waals surface area contributed by atoms with E-state index in [0.717, 1.165) is 0 Å². The highest BCUT2D eigenvalue weighted by molar-refractivity contribution is 7.92. The molecule has 0 aromatic heterocycles. The Morgan fingerprint density at radius 2 is 1.72 bits per heavy atom. The van der Waals surface area contributed by atoms with Crippen LogP contribution >= 0.6 is 11.6 Å². The molecular weight excluding hydrogens is 364 g/mol. The molecule has 2 amide bonds. The third kappa shape index (κ3) is 3.72. The molecule has 0 aliphatic carbocycles. The minimum absolute atomic E-state index is 0.160. The van der Waals surface area contributed by atoms with Gasteiger partial charge in [-0.3, -0.25) is 0 Å². The van der Waals surface area contributed by atoms with Crippen LogP contribution in [0.25, 0.3) is 0 Å². The predicted octanol–water partition coefficient (Wildman–Crippen LogP) is 3.04. The number of carbonyl (C=O) groups is 1. The second-order valence-corrected chi connectivity index (χ2v) is 8.35. The number of urea groups is 1. The third-order valence-electron chi connectivity index (χ3n) is 4.06. The number of likely N-dealkylation sites (tertiary alicyclic amines) is 1. The van der Waals surface area contributed by atoms with Crippen molar-refractivity contribution in [1.29, 1.82) is 0 Å². The van der Waals surface area contributed by atoms with E-state index in [1.54, 1.807) is 43.5 Å². The van der Waals surface area contributed by atoms with E-state index < -0.39 is 15.1 Å². The van der Waals surface area contributed by atoms with E-state index in [1.807, 2.05) is 0 Å². The smallest absolute Gasteiger partial charge is 0.321 e. The van der Waals surface area contributed by atoms with Crippen LogP contribution in [0, 0.1) is 0 Å². The zero-order valence-corrected chi connectivity index (χ0v) is 15.0. The van der Waals surface area contributed by atoms with Crippen LogP contribution in [0.15, 0.2) is 53.4 Å². The Morgan fingerprint density at radius 3 is 2.28 bits per heavy atom. The maximum absolute atomic E-state index is 12.5. The Balaban J connectivity index is 1.59. The summed E-state index contributed by atoms with van der Waals surface area (Å²) in [6.45, 7) is 0.319. The summed E-state index contributed by atoms with van der Waals surface area (Å²) in [7, 11) is -1.90. The van der Waals surface area contributed by atoms with Gasteiger partial charge in [0.2, 0.25) is 0 Å². The summed E-state index contributed by atoms with van der Waals surface area (Å²) in [5, 5.41) is 2.61. The molecule has 1 aliphatic rings. The quantitative estimate of drug-likeness (QED) is 0.884. The van der Waals surface area contributed by atoms with E-state index in [4.69, 9.17) is 16.3 Å². The van der Waals surface area contributed by atoms with Gasteiger partial charge in [-0.05, 0) is 48.5 Å². The minimum atomic E-state index is -3.46. The number of methoxy groups -OCH3 is 1. The van der Waals surface area contributed by atoms with Crippen LogP contribution in [-0.4, -0.2) is 44.8 Å². The van der Waals surface area contributed by atoms with Crippen LogP contribution in [-0.2, 0) is 9.84 Å². The molecule has 0 atom stereocenters. The summed E-state index contributed by atoms with van der Waals surface area (Å²) in [6.07, 6.45) is 0. The Bertz CT molecular complexity index is 861. The van der Waals surface area contributed by atoms with Crippen molar-refractivity contribution in [2.45, 2.75) is 10.1 Å². The number of halogens is 1. The van der Waals surface area contributed by atoms with Gasteiger partial charge in [-0.2, -0.15) is 0 Å². The molecule has 1 fully saturated rings. The molecule has 132 valence electrons. The van der Waals surface area contributed by atoms with E-state index >= 15 is 0 Å². The van der Waals surface area contributed by atoms with E-state index in [9.17, 15) is 13.2 Å². The number of hydrogen-bond acceptors (Lipinski definition) is 4. The number of hydrogen-bond donors (Lipinski definition) is 1. The molecule has 1 heterocycles. The fourth-order valence-electron chi connectivity index (χ4n) is 2.49. The third-order valence-corrected chi connectivity index (χ3v) is 6.41. The van der Waals surface area contributed by atoms with Crippen LogP contribution in [0.5, 0.6) is 5.75 Å². The van der Waals surface area contributed by atoms with Crippen LogP contribution in [0.2, 0.25) is 5.02 Å². The first-order chi connectivity index (χ1) is 11.9. The van der Waals surface area contributed by atoms with Crippen molar-refractivity contribution in [2.24, 2.45) is 0 Å². The van der Waals surface area contributed by atoms with Gasteiger partial charge in [0.1, 0.15) is 11.0 Å². The monoisotopic (exact) mass is 380 g/mol. The number of ether oxygens (including phenoxy) is 1. The lowest BCUT2D eigenvalue weighted by Crippen LogP contribution is -2.58. The van der Waals surface area contributed by atoms with Gasteiger partial charge in [-0.15, -0.1) is 0 Å². The molecule has 2 aromatic rings. The fourth-order valence-corrected chi connectivity index (χ4v) is 4.27. The number of anilines is 1. The number of sulfone groups is 1. The average Bonchev–Trinajstić information content (AvgIpc) is 2.54. The Hall–Kier alpha value is -2.25. The molecule has 2 aromatic carbocycles. The maximum Gasteiger partial charge on any atom is 0.321 e. The molecule has 0 unspecified atom stereocenters. The summed E-state index contributed by atoms with van der Waals surface area (Å²) in [5.41, 5.74) is 0.620. The zero-order chi connectivity index (χ0) is 18.0. The molecular formula is C17H17ClN2O4S. The van der Waals surface area contributed by atoms with Gasteiger partial charge >= 0.3 is 6.03 Å². The molecule has 1 saturated heterocycles. The van der Waals surface area contributed by atoms with E-state index in [1.165, 1.54) is 17.0 Å². The molecule has 25 heavy (non-hydrogen) atoms. The first-order valence-electron chi connectivity index (χ1n) is 7.59. The number of benzene rings is 2. The van der Waals surface area contributed by atoms with Gasteiger partial charge in [0, 0.05) is 23.8 Å². The van der Waals surface area contributed by atoms with Crippen LogP contribution in [0.1, 0.15) is 0 Å². The SMILES string of the molecule is COc1ccc(NC(=O)N2CC(S(=O)(=O)c3ccc(Cl)cc3)C2)cc1. The molecule has 1 N–H and O–H groups in total. The second kappa shape index (κ2) is 6.93. The van der Waals surface area contributed by atoms with Crippen molar-refractivity contribution in [3.8, 4) is 5.75 Å². The average molecular weight is 381 g/mol. The standard InChI is InChI=1S/C17H17ClN2O4S/c1-24-14-6-4-13(5-7-14)19-17(21)20-10-16(11-20)25(22,23)15-8-2-12(18)3-9-15/h2-9,16H,10-11H2,1H3,(H,19,21). The summed E-state index contributed by atoms with van der Waals surface area (Å²) in [5.74, 6) is 0.691. The number of nitrogens with one attached hydrogen (secondary N) is 1. The van der Waals surface area contributed by atoms with Gasteiger partial charge in [0.05, 0.1) is 12.0 Å². The summed E-state index contributed by atoms with van der Waals surface area (Å²) >= 11 is 5.79. The van der Waals surface area contributed by atoms with Gasteiger partial charge in [0.15, 0.2) is 9.84 Å². The van der Waals surface area contributed by atoms with Gasteiger partial charge in [-0.1, -0.05) is 11.6 Å². The van der Waals surface area contributed by atoms with Crippen LogP contribution < -0.4 is 10.1 Å². The number of nitrogens with zero attached hydrogens (tertiary/aromatic N) is 1. The lowest BCUT2D eigenvalue weighted by Gasteiger charge is -2.38. The number of carbonyl (C=O) groups excluding carboxylic acids is 1. The van der Waals surface area contributed by atoms with Gasteiger partial charge < -0.3 is 15.0 Å². The summed E-state index contributed by atoms with van der Waals surface area (Å²) in [4.78, 5) is 13.9. The first kappa shape index (κ1) is 17.6. The molecule has 0 bridgehead atoms. The molecule has 1 aliphatic heterocycles. The number of rotatable bonds is 4. The second-order valence-electron chi connectivity index (χ2n) is 5.68. The van der Waals surface area contributed by atoms with E-state index in [2.05, 4.69) is 5.32 Å². The van der Waals surface area contributed by atoms with Crippen molar-refractivity contribution in [3.63, 3.8) is 0 Å². The van der Waals surface area contributed by atoms with E-state index in [0.29, 0.717) is 16.5 Å². The lowest BCUT2D eigenvalue weighted by atomic mass is 10.2. The topological polar surface area (TPSA) is 75.7 Å². The van der Waals surface area contributed by atoms with Gasteiger partial charge in [0.25, 0.3) is 0 Å². The van der Waals surface area contributed by atoms with Crippen molar-refractivity contribution < 1.29 is 17.9 Å². The normalized spacial score (nSPS) is 14.7. The molecule has 8 heteroatoms. The molecule has 6 nitrogen and oxygen atoms in total. The van der Waals surface area contributed by atoms with Crippen molar-refractivity contribution in [3.05, 3.63) is 53.6 Å². The maximum atomic E-state index is 12.5. The Labute approximate surface area is 151 Å². The largest absolute Gasteiger partial charge is 0.497 e. The molecule has 0 spiro atoms. The molecule has 0 radical (unpaired) electrons. The number of amides is 2. The van der Waals surface area contributed by atoms with E-state index in [-0.39, 0.29) is 24.0 Å². The molecule has 3 rings (SSSR count). The Kier molecular flexibility index (Phi) is 4.87. The fraction of sp³-hybridized carbons (Fsp3) is 0.235. The highest BCUT2D eigenvalue weighted by Crippen LogP contribution is 2.25.